The van der Waals surface area contributed by atoms with Crippen LogP contribution in [0.3, 0.4) is 0 Å². The molecule has 3 aromatic carbocycles. The number of hydrogen-bond donors (Lipinski definition) is 2. The van der Waals surface area contributed by atoms with Crippen molar-refractivity contribution in [1.82, 2.24) is 24.9 Å². The van der Waals surface area contributed by atoms with Crippen LogP contribution in [0.25, 0.3) is 0 Å². The second kappa shape index (κ2) is 16.0. The first kappa shape index (κ1) is 41.8. The number of likely N-dealkylation sites (tertiary alicyclic amines) is 1. The number of ether oxygens (including phenoxy) is 1. The van der Waals surface area contributed by atoms with Gasteiger partial charge in [0.15, 0.2) is 0 Å². The molecule has 0 saturated carbocycles. The number of aromatic hydroxyl groups is 1. The molecule has 13 nitrogen and oxygen atoms in total. The third-order valence-electron chi connectivity index (χ3n) is 14.1. The highest BCUT2D eigenvalue weighted by atomic mass is 19.3. The number of amides is 5. The quantitative estimate of drug-likeness (QED) is 0.237. The highest BCUT2D eigenvalue weighted by molar-refractivity contribution is 6.25. The number of carbonyl (C=O) groups is 5. The largest absolute Gasteiger partial charge is 0.508 e. The lowest BCUT2D eigenvalue weighted by molar-refractivity contribution is -0.137. The molecule has 1 unspecified atom stereocenters. The van der Waals surface area contributed by atoms with Crippen LogP contribution in [0, 0.1) is 17.0 Å². The summed E-state index contributed by atoms with van der Waals surface area (Å²) in [5, 5.41) is 12.3. The van der Waals surface area contributed by atoms with E-state index < -0.39 is 66.4 Å². The summed E-state index contributed by atoms with van der Waals surface area (Å²) in [4.78, 5) is 73.2. The van der Waals surface area contributed by atoms with Crippen LogP contribution in [-0.2, 0) is 33.9 Å². The highest BCUT2D eigenvalue weighted by Gasteiger charge is 2.48. The number of phenols is 1. The Balaban J connectivity index is 0.816. The number of hydrogen-bond acceptors (Lipinski definition) is 10. The third kappa shape index (κ3) is 7.25. The maximum Gasteiger partial charge on any atom is 0.266 e. The topological polar surface area (TPSA) is 143 Å². The minimum Gasteiger partial charge on any atom is -0.508 e. The number of methoxy groups -OCH3 is 1. The van der Waals surface area contributed by atoms with E-state index in [4.69, 9.17) is 4.74 Å². The normalized spacial score (nSPS) is 23.9. The molecule has 5 amide bonds. The summed E-state index contributed by atoms with van der Waals surface area (Å²) in [6.45, 7) is 4.10. The van der Waals surface area contributed by atoms with Crippen molar-refractivity contribution in [2.75, 3.05) is 51.3 Å². The smallest absolute Gasteiger partial charge is 0.266 e. The molecule has 2 N–H and O–H groups in total. The molecule has 328 valence electrons. The van der Waals surface area contributed by atoms with Crippen molar-refractivity contribution in [3.8, 4) is 11.5 Å². The maximum absolute atomic E-state index is 16.1. The number of anilines is 1. The van der Waals surface area contributed by atoms with E-state index in [1.165, 1.54) is 36.3 Å². The second-order valence-electron chi connectivity index (χ2n) is 17.7. The summed E-state index contributed by atoms with van der Waals surface area (Å²) in [5.41, 5.74) is 2.87. The Bertz CT molecular complexity index is 2350. The number of phenolic OH excluding ortho intramolecular Hbond substituents is 1. The van der Waals surface area contributed by atoms with Crippen molar-refractivity contribution < 1.29 is 51.4 Å². The van der Waals surface area contributed by atoms with Gasteiger partial charge in [-0.3, -0.25) is 44.0 Å². The fourth-order valence-corrected chi connectivity index (χ4v) is 10.8. The van der Waals surface area contributed by atoms with E-state index in [1.54, 1.807) is 19.1 Å². The van der Waals surface area contributed by atoms with Gasteiger partial charge in [0.2, 0.25) is 17.7 Å². The highest BCUT2D eigenvalue weighted by Crippen LogP contribution is 2.46. The summed E-state index contributed by atoms with van der Waals surface area (Å²) in [7, 11) is 1.41. The van der Waals surface area contributed by atoms with Gasteiger partial charge >= 0.3 is 0 Å². The predicted molar refractivity (Wildman–Crippen MR) is 216 cm³/mol. The van der Waals surface area contributed by atoms with Gasteiger partial charge in [-0.25, -0.2) is 17.6 Å². The van der Waals surface area contributed by atoms with Crippen molar-refractivity contribution in [3.05, 3.63) is 87.0 Å². The van der Waals surface area contributed by atoms with Gasteiger partial charge in [0.05, 0.1) is 37.4 Å². The van der Waals surface area contributed by atoms with Gasteiger partial charge < -0.3 is 19.6 Å². The number of piperidine rings is 3. The van der Waals surface area contributed by atoms with E-state index in [2.05, 4.69) is 5.32 Å². The van der Waals surface area contributed by atoms with Gasteiger partial charge in [0.1, 0.15) is 29.2 Å². The first-order valence-electron chi connectivity index (χ1n) is 21.2. The van der Waals surface area contributed by atoms with Crippen LogP contribution in [-0.4, -0.2) is 119 Å². The average Bonchev–Trinajstić information content (AvgIpc) is 3.74. The number of nitrogens with one attached hydrogen (secondary N) is 1. The van der Waals surface area contributed by atoms with Crippen LogP contribution in [0.4, 0.5) is 23.2 Å². The fourth-order valence-electron chi connectivity index (χ4n) is 10.8. The van der Waals surface area contributed by atoms with Gasteiger partial charge in [-0.2, -0.15) is 0 Å². The third-order valence-corrected chi connectivity index (χ3v) is 14.1. The van der Waals surface area contributed by atoms with E-state index >= 15 is 8.78 Å². The predicted octanol–water partition coefficient (Wildman–Crippen LogP) is 4.91. The molecule has 1 spiro atoms. The van der Waals surface area contributed by atoms with Crippen LogP contribution in [0.15, 0.2) is 36.4 Å². The van der Waals surface area contributed by atoms with Crippen molar-refractivity contribution in [1.29, 1.82) is 0 Å². The number of imide groups is 2. The molecule has 6 aliphatic heterocycles. The van der Waals surface area contributed by atoms with Gasteiger partial charge in [-0.15, -0.1) is 0 Å². The molecule has 6 aliphatic rings. The Hall–Kier alpha value is -5.55. The van der Waals surface area contributed by atoms with Crippen molar-refractivity contribution >= 4 is 35.2 Å². The molecular formula is C45H48F4N6O7. The SMILES string of the molecule is COc1c2c(cc3c1C(=O)N(C1CCC(=O)NC1=O)C3=O)CN(CC(=O)N1CCC3(CC1)CCN(c1cc(F)c([C@@H]4c5ccc(O)cc5C[C@@H](C)N4CC(F)F)c(F)c1)CC3)C2. The number of benzene rings is 3. The Morgan fingerprint density at radius 2 is 1.63 bits per heavy atom. The number of nitrogens with zero attached hydrogens (tertiary/aromatic N) is 5. The Morgan fingerprint density at radius 1 is 0.935 bits per heavy atom. The summed E-state index contributed by atoms with van der Waals surface area (Å²) >= 11 is 0. The summed E-state index contributed by atoms with van der Waals surface area (Å²) < 4.78 is 65.6. The zero-order valence-electron chi connectivity index (χ0n) is 34.5. The molecule has 3 aromatic rings. The molecule has 3 atom stereocenters. The molecule has 3 saturated heterocycles. The summed E-state index contributed by atoms with van der Waals surface area (Å²) in [6, 6.07) is 6.09. The van der Waals surface area contributed by atoms with E-state index in [0.717, 1.165) is 36.1 Å². The van der Waals surface area contributed by atoms with Gasteiger partial charge in [-0.1, -0.05) is 6.07 Å². The zero-order valence-corrected chi connectivity index (χ0v) is 34.5. The molecule has 0 radical (unpaired) electrons. The zero-order chi connectivity index (χ0) is 43.8. The fraction of sp³-hybridized carbons (Fsp3) is 0.489. The molecule has 3 fully saturated rings. The van der Waals surface area contributed by atoms with Crippen LogP contribution in [0.5, 0.6) is 11.5 Å². The second-order valence-corrected chi connectivity index (χ2v) is 17.7. The monoisotopic (exact) mass is 860 g/mol. The van der Waals surface area contributed by atoms with Crippen molar-refractivity contribution in [2.24, 2.45) is 5.41 Å². The molecule has 0 bridgehead atoms. The maximum atomic E-state index is 16.1. The lowest BCUT2D eigenvalue weighted by atomic mass is 9.71. The standard InChI is InChI=1S/C45H48F4N6O7/c1-24-15-25-16-28(56)3-4-29(25)40(54(24)22-35(48)49)39-32(46)18-27(19-33(39)47)52-11-7-45(8-12-52)9-13-53(14-10-45)37(58)23-51-20-26-17-30-38(41(62-2)31(26)21-51)44(61)55(43(30)60)34-5-6-36(57)50-42(34)59/h3-4,16-19,24,34-35,40,56H,5-15,20-23H2,1-2H3,(H,50,57,59)/t24-,34?,40+/m1/s1. The van der Waals surface area contributed by atoms with E-state index in [-0.39, 0.29) is 58.9 Å². The van der Waals surface area contributed by atoms with Gasteiger partial charge in [0.25, 0.3) is 18.2 Å². The van der Waals surface area contributed by atoms with Crippen molar-refractivity contribution in [2.45, 2.75) is 89.5 Å². The van der Waals surface area contributed by atoms with Crippen LogP contribution in [0.2, 0.25) is 0 Å². The molecule has 0 aliphatic carbocycles. The average molecular weight is 861 g/mol. The van der Waals surface area contributed by atoms with Crippen LogP contribution in [0.1, 0.15) is 100 Å². The lowest BCUT2D eigenvalue weighted by Gasteiger charge is -2.47. The van der Waals surface area contributed by atoms with Gasteiger partial charge in [0, 0.05) is 68.5 Å². The molecule has 0 aromatic heterocycles. The molecular weight excluding hydrogens is 813 g/mol. The molecule has 17 heteroatoms. The number of alkyl halides is 2. The summed E-state index contributed by atoms with van der Waals surface area (Å²) in [6.07, 6.45) is 0.782. The number of halogens is 4. The van der Waals surface area contributed by atoms with E-state index in [1.807, 2.05) is 14.7 Å². The summed E-state index contributed by atoms with van der Waals surface area (Å²) in [5.74, 6) is -3.85. The first-order valence-corrected chi connectivity index (χ1v) is 21.2. The van der Waals surface area contributed by atoms with E-state index in [0.29, 0.717) is 68.1 Å². The molecule has 62 heavy (non-hydrogen) atoms. The Kier molecular flexibility index (Phi) is 10.8. The number of fused-ring (bicyclic) bond motifs is 3. The number of carbonyl (C=O) groups excluding carboxylic acids is 5. The number of rotatable bonds is 8. The van der Waals surface area contributed by atoms with Crippen LogP contribution >= 0.6 is 0 Å². The van der Waals surface area contributed by atoms with Crippen molar-refractivity contribution in [3.63, 3.8) is 0 Å². The first-order chi connectivity index (χ1) is 29.6. The minimum atomic E-state index is -2.71. The van der Waals surface area contributed by atoms with Gasteiger partial charge in [-0.05, 0) is 97.9 Å². The Labute approximate surface area is 355 Å². The molecule has 9 rings (SSSR count). The van der Waals surface area contributed by atoms with E-state index in [9.17, 15) is 37.9 Å². The van der Waals surface area contributed by atoms with Crippen LogP contribution < -0.4 is 15.0 Å². The Morgan fingerprint density at radius 3 is 2.29 bits per heavy atom. The lowest BCUT2D eigenvalue weighted by Crippen LogP contribution is -2.54. The minimum absolute atomic E-state index is 0.00305. The molecule has 6 heterocycles.